The van der Waals surface area contributed by atoms with Gasteiger partial charge in [0.2, 0.25) is 0 Å². The molecule has 0 bridgehead atoms. The number of methoxy groups -OCH3 is 1. The molecule has 20 heavy (non-hydrogen) atoms. The van der Waals surface area contributed by atoms with Crippen molar-refractivity contribution in [3.63, 3.8) is 0 Å². The number of hydrogen-bond donors (Lipinski definition) is 0. The second kappa shape index (κ2) is 5.74. The van der Waals surface area contributed by atoms with Crippen molar-refractivity contribution in [2.75, 3.05) is 26.7 Å². The van der Waals surface area contributed by atoms with E-state index in [4.69, 9.17) is 16.3 Å². The van der Waals surface area contributed by atoms with Gasteiger partial charge in [-0.1, -0.05) is 18.0 Å². The van der Waals surface area contributed by atoms with Crippen molar-refractivity contribution in [3.8, 4) is 5.75 Å². The van der Waals surface area contributed by atoms with Gasteiger partial charge in [-0.25, -0.2) is 0 Å². The molecule has 2 aliphatic rings. The van der Waals surface area contributed by atoms with Crippen LogP contribution in [0.1, 0.15) is 29.6 Å². The molecule has 0 aromatic heterocycles. The predicted octanol–water partition coefficient (Wildman–Crippen LogP) is 3.26. The topological polar surface area (TPSA) is 29.5 Å². The molecule has 1 aromatic carbocycles. The summed E-state index contributed by atoms with van der Waals surface area (Å²) >= 11 is 6.08. The number of nitrogens with zero attached hydrogens (tertiary/aromatic N) is 1. The molecule has 0 N–H and O–H groups in total. The zero-order valence-corrected chi connectivity index (χ0v) is 12.5. The standard InChI is InChI=1S/C16H20ClNO2/c1-20-16-6-5-11(7-14(16)17)15(19)10-18-8-12-3-2-4-13(12)9-18/h5-7,12-13H,2-4,8-10H2,1H3. The van der Waals surface area contributed by atoms with Crippen LogP contribution < -0.4 is 4.74 Å². The average Bonchev–Trinajstić information content (AvgIpc) is 2.99. The van der Waals surface area contributed by atoms with E-state index in [1.807, 2.05) is 0 Å². The molecule has 1 aromatic rings. The van der Waals surface area contributed by atoms with Crippen molar-refractivity contribution in [2.45, 2.75) is 19.3 Å². The number of halogens is 1. The molecule has 0 amide bonds. The lowest BCUT2D eigenvalue weighted by Crippen LogP contribution is -2.28. The Balaban J connectivity index is 1.63. The number of ketones is 1. The van der Waals surface area contributed by atoms with Crippen molar-refractivity contribution in [1.29, 1.82) is 0 Å². The van der Waals surface area contributed by atoms with Gasteiger partial charge in [0.25, 0.3) is 0 Å². The molecule has 1 aliphatic heterocycles. The third-order valence-corrected chi connectivity index (χ3v) is 4.94. The Morgan fingerprint density at radius 1 is 1.35 bits per heavy atom. The molecular formula is C16H20ClNO2. The van der Waals surface area contributed by atoms with E-state index in [0.29, 0.717) is 22.9 Å². The molecule has 0 radical (unpaired) electrons. The zero-order valence-electron chi connectivity index (χ0n) is 11.8. The fraction of sp³-hybridized carbons (Fsp3) is 0.562. The Hall–Kier alpha value is -1.06. The minimum atomic E-state index is 0.148. The Morgan fingerprint density at radius 2 is 2.05 bits per heavy atom. The maximum atomic E-state index is 12.3. The zero-order chi connectivity index (χ0) is 14.1. The molecule has 2 atom stereocenters. The maximum absolute atomic E-state index is 12.3. The average molecular weight is 294 g/mol. The van der Waals surface area contributed by atoms with Crippen LogP contribution in [-0.4, -0.2) is 37.4 Å². The number of ether oxygens (including phenoxy) is 1. The lowest BCUT2D eigenvalue weighted by atomic mass is 10.0. The Morgan fingerprint density at radius 3 is 2.65 bits per heavy atom. The van der Waals surface area contributed by atoms with E-state index in [1.54, 1.807) is 25.3 Å². The molecule has 108 valence electrons. The van der Waals surface area contributed by atoms with E-state index in [-0.39, 0.29) is 5.78 Å². The molecule has 1 aliphatic carbocycles. The largest absolute Gasteiger partial charge is 0.495 e. The highest BCUT2D eigenvalue weighted by Gasteiger charge is 2.36. The van der Waals surface area contributed by atoms with E-state index in [0.717, 1.165) is 24.9 Å². The van der Waals surface area contributed by atoms with E-state index >= 15 is 0 Å². The molecule has 4 heteroatoms. The van der Waals surface area contributed by atoms with E-state index in [1.165, 1.54) is 19.3 Å². The van der Waals surface area contributed by atoms with Gasteiger partial charge in [-0.2, -0.15) is 0 Å². The molecule has 3 nitrogen and oxygen atoms in total. The van der Waals surface area contributed by atoms with Gasteiger partial charge in [-0.05, 0) is 42.9 Å². The van der Waals surface area contributed by atoms with Crippen LogP contribution in [0.15, 0.2) is 18.2 Å². The van der Waals surface area contributed by atoms with Gasteiger partial charge in [0.05, 0.1) is 18.7 Å². The molecule has 2 unspecified atom stereocenters. The van der Waals surface area contributed by atoms with Gasteiger partial charge in [-0.15, -0.1) is 0 Å². The Labute approximate surface area is 124 Å². The fourth-order valence-corrected chi connectivity index (χ4v) is 3.85. The molecule has 1 saturated heterocycles. The van der Waals surface area contributed by atoms with Crippen LogP contribution in [0.5, 0.6) is 5.75 Å². The third kappa shape index (κ3) is 2.70. The maximum Gasteiger partial charge on any atom is 0.176 e. The van der Waals surface area contributed by atoms with Gasteiger partial charge in [0.1, 0.15) is 5.75 Å². The smallest absolute Gasteiger partial charge is 0.176 e. The predicted molar refractivity (Wildman–Crippen MR) is 79.6 cm³/mol. The number of likely N-dealkylation sites (tertiary alicyclic amines) is 1. The van der Waals surface area contributed by atoms with Crippen LogP contribution in [0.2, 0.25) is 5.02 Å². The van der Waals surface area contributed by atoms with Gasteiger partial charge < -0.3 is 4.74 Å². The second-order valence-electron chi connectivity index (χ2n) is 5.92. The summed E-state index contributed by atoms with van der Waals surface area (Å²) in [6, 6.07) is 5.26. The molecule has 3 rings (SSSR count). The monoisotopic (exact) mass is 293 g/mol. The van der Waals surface area contributed by atoms with Crippen molar-refractivity contribution < 1.29 is 9.53 Å². The number of benzene rings is 1. The molecular weight excluding hydrogens is 274 g/mol. The minimum absolute atomic E-state index is 0.148. The summed E-state index contributed by atoms with van der Waals surface area (Å²) in [5.41, 5.74) is 0.674. The minimum Gasteiger partial charge on any atom is -0.495 e. The number of rotatable bonds is 4. The van der Waals surface area contributed by atoms with Crippen molar-refractivity contribution in [1.82, 2.24) is 4.90 Å². The lowest BCUT2D eigenvalue weighted by Gasteiger charge is -2.16. The summed E-state index contributed by atoms with van der Waals surface area (Å²) < 4.78 is 5.11. The first-order valence-corrected chi connectivity index (χ1v) is 7.64. The quantitative estimate of drug-likeness (QED) is 0.798. The molecule has 2 fully saturated rings. The van der Waals surface area contributed by atoms with Gasteiger partial charge in [-0.3, -0.25) is 9.69 Å². The first-order chi connectivity index (χ1) is 9.67. The SMILES string of the molecule is COc1ccc(C(=O)CN2CC3CCCC3C2)cc1Cl. The van der Waals surface area contributed by atoms with Crippen LogP contribution in [0.4, 0.5) is 0 Å². The Bertz CT molecular complexity index is 505. The van der Waals surface area contributed by atoms with Crippen LogP contribution in [0.3, 0.4) is 0 Å². The van der Waals surface area contributed by atoms with Crippen LogP contribution in [-0.2, 0) is 0 Å². The highest BCUT2D eigenvalue weighted by atomic mass is 35.5. The number of carbonyl (C=O) groups is 1. The van der Waals surface area contributed by atoms with E-state index < -0.39 is 0 Å². The summed E-state index contributed by atoms with van der Waals surface area (Å²) in [6.45, 7) is 2.68. The van der Waals surface area contributed by atoms with Crippen molar-refractivity contribution in [2.24, 2.45) is 11.8 Å². The summed E-state index contributed by atoms with van der Waals surface area (Å²) in [5.74, 6) is 2.40. The fourth-order valence-electron chi connectivity index (χ4n) is 3.60. The van der Waals surface area contributed by atoms with E-state index in [9.17, 15) is 4.79 Å². The summed E-state index contributed by atoms with van der Waals surface area (Å²) in [5, 5.41) is 0.497. The first kappa shape index (κ1) is 13.9. The van der Waals surface area contributed by atoms with Crippen LogP contribution in [0, 0.1) is 11.8 Å². The Kier molecular flexibility index (Phi) is 3.99. The molecule has 1 heterocycles. The summed E-state index contributed by atoms with van der Waals surface area (Å²) in [6.07, 6.45) is 4.04. The normalized spacial score (nSPS) is 25.7. The molecule has 1 saturated carbocycles. The summed E-state index contributed by atoms with van der Waals surface area (Å²) in [7, 11) is 1.58. The number of fused-ring (bicyclic) bond motifs is 1. The molecule has 0 spiro atoms. The number of Topliss-reactive ketones (excluding diaryl/α,β-unsaturated/α-hetero) is 1. The third-order valence-electron chi connectivity index (χ3n) is 4.64. The van der Waals surface area contributed by atoms with Gasteiger partial charge in [0, 0.05) is 18.7 Å². The van der Waals surface area contributed by atoms with Gasteiger partial charge >= 0.3 is 0 Å². The second-order valence-corrected chi connectivity index (χ2v) is 6.32. The number of hydrogen-bond acceptors (Lipinski definition) is 3. The van der Waals surface area contributed by atoms with Crippen LogP contribution >= 0.6 is 11.6 Å². The van der Waals surface area contributed by atoms with Crippen LogP contribution in [0.25, 0.3) is 0 Å². The van der Waals surface area contributed by atoms with Crippen molar-refractivity contribution >= 4 is 17.4 Å². The highest BCUT2D eigenvalue weighted by molar-refractivity contribution is 6.32. The highest BCUT2D eigenvalue weighted by Crippen LogP contribution is 2.37. The first-order valence-electron chi connectivity index (χ1n) is 7.26. The summed E-state index contributed by atoms with van der Waals surface area (Å²) in [4.78, 5) is 14.6. The van der Waals surface area contributed by atoms with Crippen molar-refractivity contribution in [3.05, 3.63) is 28.8 Å². The number of carbonyl (C=O) groups excluding carboxylic acids is 1. The lowest BCUT2D eigenvalue weighted by molar-refractivity contribution is 0.0941. The van der Waals surface area contributed by atoms with Gasteiger partial charge in [0.15, 0.2) is 5.78 Å². The van der Waals surface area contributed by atoms with E-state index in [2.05, 4.69) is 4.90 Å².